The van der Waals surface area contributed by atoms with Gasteiger partial charge in [0.2, 0.25) is 0 Å². The van der Waals surface area contributed by atoms with E-state index in [0.717, 1.165) is 24.8 Å². The maximum atomic E-state index is 5.83. The molecule has 1 aromatic rings. The lowest BCUT2D eigenvalue weighted by Gasteiger charge is -2.32. The second-order valence-electron chi connectivity index (χ2n) is 4.84. The highest BCUT2D eigenvalue weighted by Crippen LogP contribution is 2.28. The van der Waals surface area contributed by atoms with Crippen LogP contribution in [0, 0.1) is 5.92 Å². The van der Waals surface area contributed by atoms with Crippen molar-refractivity contribution in [2.24, 2.45) is 5.92 Å². The average Bonchev–Trinajstić information content (AvgIpc) is 2.27. The van der Waals surface area contributed by atoms with Crippen LogP contribution in [-0.2, 0) is 11.3 Å². The Morgan fingerprint density at radius 2 is 2.22 bits per heavy atom. The summed E-state index contributed by atoms with van der Waals surface area (Å²) in [6.45, 7) is 4.56. The molecule has 0 spiro atoms. The minimum Gasteiger partial charge on any atom is -0.384 e. The third kappa shape index (κ3) is 3.10. The van der Waals surface area contributed by atoms with Crippen LogP contribution in [0.1, 0.15) is 32.0 Å². The zero-order chi connectivity index (χ0) is 13.0. The molecule has 5 nitrogen and oxygen atoms in total. The lowest BCUT2D eigenvalue weighted by atomic mass is 9.85. The maximum absolute atomic E-state index is 5.83. The molecular formula is C13H22N4O. The number of hydrogen-bond acceptors (Lipinski definition) is 5. The molecule has 0 radical (unpaired) electrons. The summed E-state index contributed by atoms with van der Waals surface area (Å²) in [5, 5.41) is 0. The van der Waals surface area contributed by atoms with E-state index in [1.807, 2.05) is 6.07 Å². The van der Waals surface area contributed by atoms with Gasteiger partial charge in [0.25, 0.3) is 0 Å². The Hall–Kier alpha value is -1.36. The number of ether oxygens (including phenoxy) is 1. The fraction of sp³-hybridized carbons (Fsp3) is 0.692. The summed E-state index contributed by atoms with van der Waals surface area (Å²) >= 11 is 0. The minimum absolute atomic E-state index is 0.402. The molecular weight excluding hydrogens is 228 g/mol. The number of rotatable bonds is 6. The largest absolute Gasteiger partial charge is 0.384 e. The van der Waals surface area contributed by atoms with E-state index >= 15 is 0 Å². The molecule has 2 rings (SSSR count). The first-order valence-electron chi connectivity index (χ1n) is 6.60. The summed E-state index contributed by atoms with van der Waals surface area (Å²) in [7, 11) is 1.64. The van der Waals surface area contributed by atoms with Crippen LogP contribution in [0.3, 0.4) is 0 Å². The van der Waals surface area contributed by atoms with Gasteiger partial charge in [-0.3, -0.25) is 0 Å². The van der Waals surface area contributed by atoms with E-state index in [4.69, 9.17) is 10.5 Å². The highest BCUT2D eigenvalue weighted by Gasteiger charge is 2.21. The number of nitrogen functional groups attached to an aromatic ring is 1. The topological polar surface area (TPSA) is 64.3 Å². The van der Waals surface area contributed by atoms with Crippen molar-refractivity contribution < 1.29 is 4.74 Å². The first-order chi connectivity index (χ1) is 8.72. The number of nitrogens with two attached hydrogens (primary N) is 1. The predicted octanol–water partition coefficient (Wildman–Crippen LogP) is 1.83. The van der Waals surface area contributed by atoms with Crippen molar-refractivity contribution >= 4 is 11.6 Å². The van der Waals surface area contributed by atoms with Gasteiger partial charge in [-0.15, -0.1) is 0 Å². The summed E-state index contributed by atoms with van der Waals surface area (Å²) in [5.74, 6) is 2.90. The van der Waals surface area contributed by atoms with Crippen LogP contribution in [0.15, 0.2) is 6.07 Å². The van der Waals surface area contributed by atoms with Gasteiger partial charge in [-0.2, -0.15) is 0 Å². The molecule has 0 bridgehead atoms. The van der Waals surface area contributed by atoms with E-state index in [9.17, 15) is 0 Å². The van der Waals surface area contributed by atoms with Gasteiger partial charge in [0.15, 0.2) is 5.82 Å². The Balaban J connectivity index is 2.12. The Morgan fingerprint density at radius 3 is 2.78 bits per heavy atom. The standard InChI is InChI=1S/C13H22N4O/c1-3-17(8-10-5-4-6-10)13-7-11(14)15-12(16-13)9-18-2/h7,10H,3-6,8-9H2,1-2H3,(H2,14,15,16). The molecule has 0 unspecified atom stereocenters. The zero-order valence-corrected chi connectivity index (χ0v) is 11.2. The fourth-order valence-corrected chi connectivity index (χ4v) is 2.23. The molecule has 1 heterocycles. The molecule has 5 heteroatoms. The van der Waals surface area contributed by atoms with Crippen molar-refractivity contribution in [2.75, 3.05) is 30.8 Å². The summed E-state index contributed by atoms with van der Waals surface area (Å²) in [4.78, 5) is 11.0. The first kappa shape index (κ1) is 13.1. The van der Waals surface area contributed by atoms with Gasteiger partial charge in [0.05, 0.1) is 0 Å². The molecule has 0 saturated heterocycles. The minimum atomic E-state index is 0.402. The Morgan fingerprint density at radius 1 is 1.44 bits per heavy atom. The van der Waals surface area contributed by atoms with Gasteiger partial charge < -0.3 is 15.4 Å². The number of nitrogens with zero attached hydrogens (tertiary/aromatic N) is 3. The maximum Gasteiger partial charge on any atom is 0.158 e. The van der Waals surface area contributed by atoms with Gasteiger partial charge >= 0.3 is 0 Å². The molecule has 1 aromatic heterocycles. The van der Waals surface area contributed by atoms with Crippen molar-refractivity contribution in [1.29, 1.82) is 0 Å². The van der Waals surface area contributed by atoms with Crippen LogP contribution < -0.4 is 10.6 Å². The smallest absolute Gasteiger partial charge is 0.158 e. The normalized spacial score (nSPS) is 15.4. The van der Waals surface area contributed by atoms with E-state index in [-0.39, 0.29) is 0 Å². The Kier molecular flexibility index (Phi) is 4.36. The third-order valence-corrected chi connectivity index (χ3v) is 3.46. The molecule has 1 aliphatic carbocycles. The summed E-state index contributed by atoms with van der Waals surface area (Å²) in [5.41, 5.74) is 5.83. The second kappa shape index (κ2) is 6.00. The Bertz CT molecular complexity index is 393. The summed E-state index contributed by atoms with van der Waals surface area (Å²) in [6, 6.07) is 1.85. The van der Waals surface area contributed by atoms with E-state index in [1.165, 1.54) is 19.3 Å². The molecule has 100 valence electrons. The van der Waals surface area contributed by atoms with Gasteiger partial charge in [-0.05, 0) is 25.7 Å². The van der Waals surface area contributed by atoms with Crippen LogP contribution in [0.25, 0.3) is 0 Å². The van der Waals surface area contributed by atoms with Crippen LogP contribution in [0.4, 0.5) is 11.6 Å². The molecule has 2 N–H and O–H groups in total. The van der Waals surface area contributed by atoms with Crippen molar-refractivity contribution in [3.8, 4) is 0 Å². The average molecular weight is 250 g/mol. The van der Waals surface area contributed by atoms with Crippen LogP contribution in [0.5, 0.6) is 0 Å². The SMILES string of the molecule is CCN(CC1CCC1)c1cc(N)nc(COC)n1. The van der Waals surface area contributed by atoms with Gasteiger partial charge in [0.1, 0.15) is 18.2 Å². The Labute approximate surface area is 108 Å². The lowest BCUT2D eigenvalue weighted by Crippen LogP contribution is -2.33. The van der Waals surface area contributed by atoms with Gasteiger partial charge in [-0.25, -0.2) is 9.97 Å². The molecule has 0 atom stereocenters. The second-order valence-corrected chi connectivity index (χ2v) is 4.84. The molecule has 1 fully saturated rings. The molecule has 1 aliphatic rings. The first-order valence-corrected chi connectivity index (χ1v) is 6.60. The van der Waals surface area contributed by atoms with E-state index in [1.54, 1.807) is 7.11 Å². The van der Waals surface area contributed by atoms with Gasteiger partial charge in [0, 0.05) is 26.3 Å². The highest BCUT2D eigenvalue weighted by atomic mass is 16.5. The lowest BCUT2D eigenvalue weighted by molar-refractivity contribution is 0.178. The van der Waals surface area contributed by atoms with Gasteiger partial charge in [-0.1, -0.05) is 6.42 Å². The van der Waals surface area contributed by atoms with Crippen LogP contribution in [0.2, 0.25) is 0 Å². The zero-order valence-electron chi connectivity index (χ0n) is 11.2. The number of hydrogen-bond donors (Lipinski definition) is 1. The van der Waals surface area contributed by atoms with Crippen molar-refractivity contribution in [3.63, 3.8) is 0 Å². The number of methoxy groups -OCH3 is 1. The van der Waals surface area contributed by atoms with Crippen molar-refractivity contribution in [3.05, 3.63) is 11.9 Å². The van der Waals surface area contributed by atoms with E-state index < -0.39 is 0 Å². The molecule has 0 aliphatic heterocycles. The molecule has 1 saturated carbocycles. The van der Waals surface area contributed by atoms with Crippen molar-refractivity contribution in [2.45, 2.75) is 32.8 Å². The molecule has 18 heavy (non-hydrogen) atoms. The van der Waals surface area contributed by atoms with Crippen LogP contribution >= 0.6 is 0 Å². The van der Waals surface area contributed by atoms with E-state index in [2.05, 4.69) is 21.8 Å². The quantitative estimate of drug-likeness (QED) is 0.834. The molecule has 0 amide bonds. The fourth-order valence-electron chi connectivity index (χ4n) is 2.23. The summed E-state index contributed by atoms with van der Waals surface area (Å²) in [6.07, 6.45) is 4.03. The monoisotopic (exact) mass is 250 g/mol. The predicted molar refractivity (Wildman–Crippen MR) is 72.4 cm³/mol. The number of anilines is 2. The third-order valence-electron chi connectivity index (χ3n) is 3.46. The van der Waals surface area contributed by atoms with Crippen LogP contribution in [-0.4, -0.2) is 30.2 Å². The molecule has 0 aromatic carbocycles. The summed E-state index contributed by atoms with van der Waals surface area (Å²) < 4.78 is 5.07. The number of aromatic nitrogens is 2. The van der Waals surface area contributed by atoms with Crippen molar-refractivity contribution in [1.82, 2.24) is 9.97 Å². The van der Waals surface area contributed by atoms with E-state index in [0.29, 0.717) is 18.2 Å². The highest BCUT2D eigenvalue weighted by molar-refractivity contribution is 5.47.